The first-order valence-corrected chi connectivity index (χ1v) is 11.7. The number of carbonyl (C=O) groups is 3. The average molecular weight is 465 g/mol. The van der Waals surface area contributed by atoms with E-state index >= 15 is 0 Å². The van der Waals surface area contributed by atoms with Gasteiger partial charge in [-0.3, -0.25) is 19.7 Å². The normalized spacial score (nSPS) is 10.7. The Balaban J connectivity index is 1.55. The average Bonchev–Trinajstić information content (AvgIpc) is 3.25. The smallest absolute Gasteiger partial charge is 0.257 e. The van der Waals surface area contributed by atoms with Crippen LogP contribution in [-0.2, 0) is 16.0 Å². The SMILES string of the molecule is CC(=O)NCCCc1ccc(-c2csc(NC(=O)c3ccc(NC(=O)C(C)C)cc3)n2)cc1. The van der Waals surface area contributed by atoms with E-state index in [1.165, 1.54) is 23.8 Å². The summed E-state index contributed by atoms with van der Waals surface area (Å²) < 4.78 is 0. The fraction of sp³-hybridized carbons (Fsp3) is 0.280. The summed E-state index contributed by atoms with van der Waals surface area (Å²) in [6.45, 7) is 5.83. The number of benzene rings is 2. The van der Waals surface area contributed by atoms with E-state index in [-0.39, 0.29) is 23.6 Å². The second kappa shape index (κ2) is 11.4. The third kappa shape index (κ3) is 7.25. The van der Waals surface area contributed by atoms with Crippen molar-refractivity contribution in [3.63, 3.8) is 0 Å². The second-order valence-electron chi connectivity index (χ2n) is 8.00. The molecule has 0 radical (unpaired) electrons. The lowest BCUT2D eigenvalue weighted by Crippen LogP contribution is -2.21. The molecule has 7 nitrogen and oxygen atoms in total. The van der Waals surface area contributed by atoms with Crippen LogP contribution >= 0.6 is 11.3 Å². The van der Waals surface area contributed by atoms with Gasteiger partial charge in [0.05, 0.1) is 5.69 Å². The minimum atomic E-state index is -0.257. The van der Waals surface area contributed by atoms with Gasteiger partial charge in [0, 0.05) is 41.6 Å². The zero-order valence-electron chi connectivity index (χ0n) is 19.0. The fourth-order valence-electron chi connectivity index (χ4n) is 3.02. The number of aromatic nitrogens is 1. The van der Waals surface area contributed by atoms with Crippen LogP contribution in [0.15, 0.2) is 53.9 Å². The van der Waals surface area contributed by atoms with Gasteiger partial charge in [-0.25, -0.2) is 4.98 Å². The summed E-state index contributed by atoms with van der Waals surface area (Å²) in [4.78, 5) is 39.8. The van der Waals surface area contributed by atoms with E-state index in [9.17, 15) is 14.4 Å². The highest BCUT2D eigenvalue weighted by Gasteiger charge is 2.12. The molecule has 33 heavy (non-hydrogen) atoms. The number of anilines is 2. The molecular formula is C25H28N4O3S. The Labute approximate surface area is 197 Å². The van der Waals surface area contributed by atoms with Crippen LogP contribution in [-0.4, -0.2) is 29.3 Å². The van der Waals surface area contributed by atoms with Crippen molar-refractivity contribution in [3.8, 4) is 11.3 Å². The van der Waals surface area contributed by atoms with Gasteiger partial charge in [-0.15, -0.1) is 11.3 Å². The summed E-state index contributed by atoms with van der Waals surface area (Å²) in [6.07, 6.45) is 1.77. The summed E-state index contributed by atoms with van der Waals surface area (Å²) in [7, 11) is 0. The maximum absolute atomic E-state index is 12.6. The summed E-state index contributed by atoms with van der Waals surface area (Å²) in [6, 6.07) is 14.9. The molecule has 3 amide bonds. The van der Waals surface area contributed by atoms with Crippen LogP contribution in [0.3, 0.4) is 0 Å². The zero-order chi connectivity index (χ0) is 23.8. The lowest BCUT2D eigenvalue weighted by atomic mass is 10.1. The first-order chi connectivity index (χ1) is 15.8. The Hall–Kier alpha value is -3.52. The molecule has 2 aromatic carbocycles. The number of hydrogen-bond acceptors (Lipinski definition) is 5. The highest BCUT2D eigenvalue weighted by molar-refractivity contribution is 7.14. The number of rotatable bonds is 9. The van der Waals surface area contributed by atoms with Crippen LogP contribution in [0.2, 0.25) is 0 Å². The van der Waals surface area contributed by atoms with Crippen molar-refractivity contribution in [3.05, 3.63) is 65.0 Å². The fourth-order valence-corrected chi connectivity index (χ4v) is 3.74. The van der Waals surface area contributed by atoms with E-state index in [1.54, 1.807) is 24.3 Å². The van der Waals surface area contributed by atoms with Crippen molar-refractivity contribution in [1.82, 2.24) is 10.3 Å². The molecule has 0 saturated heterocycles. The van der Waals surface area contributed by atoms with Gasteiger partial charge in [-0.2, -0.15) is 0 Å². The zero-order valence-corrected chi connectivity index (χ0v) is 19.8. The van der Waals surface area contributed by atoms with E-state index < -0.39 is 0 Å². The first-order valence-electron chi connectivity index (χ1n) is 10.8. The Kier molecular flexibility index (Phi) is 8.32. The van der Waals surface area contributed by atoms with Crippen LogP contribution in [0.5, 0.6) is 0 Å². The summed E-state index contributed by atoms with van der Waals surface area (Å²) in [5.74, 6) is -0.449. The molecule has 0 saturated carbocycles. The monoisotopic (exact) mass is 464 g/mol. The molecule has 0 aliphatic carbocycles. The Morgan fingerprint density at radius 1 is 0.970 bits per heavy atom. The number of nitrogens with zero attached hydrogens (tertiary/aromatic N) is 1. The quantitative estimate of drug-likeness (QED) is 0.399. The largest absolute Gasteiger partial charge is 0.356 e. The summed E-state index contributed by atoms with van der Waals surface area (Å²) >= 11 is 1.37. The molecular weight excluding hydrogens is 436 g/mol. The maximum Gasteiger partial charge on any atom is 0.257 e. The molecule has 1 aromatic heterocycles. The molecule has 0 aliphatic rings. The van der Waals surface area contributed by atoms with Crippen molar-refractivity contribution >= 4 is 39.9 Å². The Bertz CT molecular complexity index is 1110. The van der Waals surface area contributed by atoms with E-state index in [1.807, 2.05) is 31.4 Å². The van der Waals surface area contributed by atoms with Gasteiger partial charge in [0.15, 0.2) is 5.13 Å². The topological polar surface area (TPSA) is 100 Å². The highest BCUT2D eigenvalue weighted by atomic mass is 32.1. The van der Waals surface area contributed by atoms with E-state index in [0.717, 1.165) is 24.1 Å². The lowest BCUT2D eigenvalue weighted by molar-refractivity contribution is -0.119. The van der Waals surface area contributed by atoms with Crippen LogP contribution < -0.4 is 16.0 Å². The number of hydrogen-bond donors (Lipinski definition) is 3. The van der Waals surface area contributed by atoms with Crippen molar-refractivity contribution in [2.75, 3.05) is 17.2 Å². The lowest BCUT2D eigenvalue weighted by Gasteiger charge is -2.08. The van der Waals surface area contributed by atoms with Gasteiger partial charge in [-0.1, -0.05) is 38.1 Å². The number of nitrogens with one attached hydrogen (secondary N) is 3. The molecule has 1 heterocycles. The van der Waals surface area contributed by atoms with Gasteiger partial charge >= 0.3 is 0 Å². The predicted octanol–water partition coefficient (Wildman–Crippen LogP) is 4.73. The van der Waals surface area contributed by atoms with E-state index in [4.69, 9.17) is 0 Å². The van der Waals surface area contributed by atoms with Crippen molar-refractivity contribution in [2.24, 2.45) is 5.92 Å². The van der Waals surface area contributed by atoms with Crippen molar-refractivity contribution < 1.29 is 14.4 Å². The molecule has 3 rings (SSSR count). The third-order valence-corrected chi connectivity index (χ3v) is 5.69. The van der Waals surface area contributed by atoms with Crippen molar-refractivity contribution in [2.45, 2.75) is 33.6 Å². The molecule has 0 atom stereocenters. The first kappa shape index (κ1) is 24.1. The number of aryl methyl sites for hydroxylation is 1. The molecule has 8 heteroatoms. The second-order valence-corrected chi connectivity index (χ2v) is 8.85. The van der Waals surface area contributed by atoms with Gasteiger partial charge in [0.1, 0.15) is 0 Å². The van der Waals surface area contributed by atoms with Gasteiger partial charge in [0.25, 0.3) is 5.91 Å². The molecule has 0 bridgehead atoms. The molecule has 0 fully saturated rings. The molecule has 0 unspecified atom stereocenters. The van der Waals surface area contributed by atoms with Crippen LogP contribution in [0.1, 0.15) is 43.1 Å². The molecule has 0 aliphatic heterocycles. The molecule has 0 spiro atoms. The molecule has 172 valence electrons. The van der Waals surface area contributed by atoms with Crippen LogP contribution in [0.4, 0.5) is 10.8 Å². The Morgan fingerprint density at radius 3 is 2.30 bits per heavy atom. The van der Waals surface area contributed by atoms with Gasteiger partial charge < -0.3 is 10.6 Å². The minimum absolute atomic E-state index is 0.0103. The minimum Gasteiger partial charge on any atom is -0.356 e. The van der Waals surface area contributed by atoms with Gasteiger partial charge in [0.2, 0.25) is 11.8 Å². The maximum atomic E-state index is 12.6. The number of thiazole rings is 1. The van der Waals surface area contributed by atoms with Gasteiger partial charge in [-0.05, 0) is 42.7 Å². The standard InChI is InChI=1S/C25H28N4O3S/c1-16(2)23(31)27-21-12-10-20(11-13-21)24(32)29-25-28-22(15-33-25)19-8-6-18(7-9-19)5-4-14-26-17(3)30/h6-13,15-16H,4-5,14H2,1-3H3,(H,26,30)(H,27,31)(H,28,29,32). The van der Waals surface area contributed by atoms with Crippen LogP contribution in [0.25, 0.3) is 11.3 Å². The molecule has 3 aromatic rings. The summed E-state index contributed by atoms with van der Waals surface area (Å²) in [5, 5.41) is 10.9. The van der Waals surface area contributed by atoms with Crippen molar-refractivity contribution in [1.29, 1.82) is 0 Å². The van der Waals surface area contributed by atoms with E-state index in [2.05, 4.69) is 33.1 Å². The third-order valence-electron chi connectivity index (χ3n) is 4.93. The van der Waals surface area contributed by atoms with E-state index in [0.29, 0.717) is 22.9 Å². The predicted molar refractivity (Wildman–Crippen MR) is 132 cm³/mol. The Morgan fingerprint density at radius 2 is 1.67 bits per heavy atom. The summed E-state index contributed by atoms with van der Waals surface area (Å²) in [5.41, 5.74) is 4.11. The van der Waals surface area contributed by atoms with Crippen LogP contribution in [0, 0.1) is 5.92 Å². The number of carbonyl (C=O) groups excluding carboxylic acids is 3. The highest BCUT2D eigenvalue weighted by Crippen LogP contribution is 2.26. The molecule has 3 N–H and O–H groups in total. The number of amides is 3.